The van der Waals surface area contributed by atoms with Gasteiger partial charge < -0.3 is 14.4 Å². The van der Waals surface area contributed by atoms with E-state index in [4.69, 9.17) is 9.47 Å². The van der Waals surface area contributed by atoms with E-state index >= 15 is 0 Å². The fourth-order valence-corrected chi connectivity index (χ4v) is 12.4. The monoisotopic (exact) mass is 899 g/mol. The highest BCUT2D eigenvalue weighted by atomic mass is 32.1. The minimum atomic E-state index is -0.487. The van der Waals surface area contributed by atoms with Crippen LogP contribution in [0.25, 0.3) is 65.4 Å². The molecule has 2 heterocycles. The number of ether oxygens (including phenoxy) is 2. The molecule has 2 aliphatic carbocycles. The minimum absolute atomic E-state index is 0.487. The summed E-state index contributed by atoms with van der Waals surface area (Å²) in [6.07, 6.45) is 0. The van der Waals surface area contributed by atoms with Gasteiger partial charge in [-0.15, -0.1) is 11.3 Å². The number of hydrogen-bond donors (Lipinski definition) is 0. The molecule has 0 bridgehead atoms. The molecule has 0 saturated carbocycles. The molecule has 3 aliphatic rings. The van der Waals surface area contributed by atoms with Gasteiger partial charge in [-0.2, -0.15) is 0 Å². The first-order valence-electron chi connectivity index (χ1n) is 23.5. The van der Waals surface area contributed by atoms with E-state index in [9.17, 15) is 0 Å². The maximum Gasteiger partial charge on any atom is 0.189 e. The molecule has 1 aliphatic heterocycles. The van der Waals surface area contributed by atoms with Gasteiger partial charge in [-0.25, -0.2) is 0 Å². The number of nitrogens with zero attached hydrogens (tertiary/aromatic N) is 1. The van der Waals surface area contributed by atoms with Gasteiger partial charge in [-0.3, -0.25) is 0 Å². The Balaban J connectivity index is 0.985. The Labute approximate surface area is 405 Å². The van der Waals surface area contributed by atoms with E-state index in [0.717, 1.165) is 66.1 Å². The Morgan fingerprint density at radius 2 is 0.739 bits per heavy atom. The predicted octanol–water partition coefficient (Wildman–Crippen LogP) is 18.1. The summed E-state index contributed by atoms with van der Waals surface area (Å²) < 4.78 is 13.4. The average Bonchev–Trinajstić information content (AvgIpc) is 4.05. The van der Waals surface area contributed by atoms with Crippen LogP contribution in [-0.4, -0.2) is 0 Å². The third-order valence-electron chi connectivity index (χ3n) is 14.2. The molecular weight excluding hydrogens is 859 g/mol. The summed E-state index contributed by atoms with van der Waals surface area (Å²) in [7, 11) is 0. The summed E-state index contributed by atoms with van der Waals surface area (Å²) in [5.41, 5.74) is 19.9. The molecule has 10 aromatic carbocycles. The SMILES string of the molecule is c1ccc(-c2ccc(N(c3ccc(-c4sc(-c5ccccc5)c5c4Oc4ccccc4O5)cc3)c3ccc4c(c3)C3(c5ccccc5-c5ccccc53)c3ccccc3-4)c(-c3ccccc3)c2)cc1. The number of benzene rings is 10. The van der Waals surface area contributed by atoms with Gasteiger partial charge in [0.05, 0.1) is 20.9 Å². The van der Waals surface area contributed by atoms with E-state index in [1.54, 1.807) is 11.3 Å². The van der Waals surface area contributed by atoms with E-state index in [1.807, 2.05) is 30.3 Å². The van der Waals surface area contributed by atoms with Crippen molar-refractivity contribution in [3.8, 4) is 88.4 Å². The van der Waals surface area contributed by atoms with Crippen molar-refractivity contribution in [3.05, 3.63) is 271 Å². The molecule has 0 fully saturated rings. The number of rotatable bonds is 7. The first-order valence-corrected chi connectivity index (χ1v) is 24.3. The second-order valence-corrected chi connectivity index (χ2v) is 18.9. The largest absolute Gasteiger partial charge is 0.448 e. The second kappa shape index (κ2) is 15.7. The number of thiophene rings is 1. The van der Waals surface area contributed by atoms with Gasteiger partial charge in [-0.1, -0.05) is 200 Å². The third-order valence-corrected chi connectivity index (χ3v) is 15.4. The molecule has 1 aromatic heterocycles. The van der Waals surface area contributed by atoms with E-state index in [0.29, 0.717) is 11.5 Å². The van der Waals surface area contributed by atoms with Crippen molar-refractivity contribution in [3.63, 3.8) is 0 Å². The average molecular weight is 900 g/mol. The maximum absolute atomic E-state index is 6.73. The van der Waals surface area contributed by atoms with Crippen LogP contribution in [0.1, 0.15) is 22.3 Å². The van der Waals surface area contributed by atoms with Gasteiger partial charge in [0.25, 0.3) is 0 Å². The molecule has 69 heavy (non-hydrogen) atoms. The van der Waals surface area contributed by atoms with Crippen LogP contribution in [0.4, 0.5) is 17.1 Å². The molecule has 11 aromatic rings. The third kappa shape index (κ3) is 6.06. The summed E-state index contributed by atoms with van der Waals surface area (Å²) in [6.45, 7) is 0. The topological polar surface area (TPSA) is 21.7 Å². The standard InChI is InChI=1S/C65H41NO2S/c1-4-18-42(19-5-1)46-34-39-58(53(40-46)43-20-6-2-7-21-43)66(47-35-32-45(33-36-47)64-62-61(63(69-64)44-22-8-3-9-23-44)67-59-30-16-17-31-60(59)68-62)48-37-38-52-51-26-12-15-29-56(51)65(57(52)41-48)54-27-13-10-24-49(54)50-25-11-14-28-55(50)65/h1-41H. The Morgan fingerprint density at radius 1 is 0.304 bits per heavy atom. The lowest BCUT2D eigenvalue weighted by molar-refractivity contribution is 0.364. The number of hydrogen-bond acceptors (Lipinski definition) is 4. The van der Waals surface area contributed by atoms with Crippen molar-refractivity contribution in [1.29, 1.82) is 0 Å². The van der Waals surface area contributed by atoms with Crippen LogP contribution in [0.2, 0.25) is 0 Å². The lowest BCUT2D eigenvalue weighted by atomic mass is 9.70. The highest BCUT2D eigenvalue weighted by molar-refractivity contribution is 7.19. The van der Waals surface area contributed by atoms with Crippen LogP contribution in [0.15, 0.2) is 249 Å². The van der Waals surface area contributed by atoms with Gasteiger partial charge in [0, 0.05) is 16.9 Å². The van der Waals surface area contributed by atoms with Gasteiger partial charge in [0.15, 0.2) is 23.0 Å². The van der Waals surface area contributed by atoms with Gasteiger partial charge in [0.1, 0.15) is 0 Å². The lowest BCUT2D eigenvalue weighted by Crippen LogP contribution is -2.26. The number of fused-ring (bicyclic) bond motifs is 12. The normalized spacial score (nSPS) is 13.0. The zero-order valence-electron chi connectivity index (χ0n) is 37.3. The molecule has 0 unspecified atom stereocenters. The first-order chi connectivity index (χ1) is 34.2. The Hall–Kier alpha value is -8.70. The molecule has 14 rings (SSSR count). The van der Waals surface area contributed by atoms with E-state index in [2.05, 4.69) is 223 Å². The van der Waals surface area contributed by atoms with Crippen molar-refractivity contribution in [2.24, 2.45) is 0 Å². The summed E-state index contributed by atoms with van der Waals surface area (Å²) in [6, 6.07) is 90.0. The molecule has 0 amide bonds. The molecule has 0 radical (unpaired) electrons. The van der Waals surface area contributed by atoms with Crippen LogP contribution in [0.3, 0.4) is 0 Å². The quantitative estimate of drug-likeness (QED) is 0.159. The van der Waals surface area contributed by atoms with Crippen LogP contribution in [0, 0.1) is 0 Å². The van der Waals surface area contributed by atoms with Crippen molar-refractivity contribution >= 4 is 28.4 Å². The van der Waals surface area contributed by atoms with Crippen molar-refractivity contribution in [1.82, 2.24) is 0 Å². The Bertz CT molecular complexity index is 3720. The zero-order chi connectivity index (χ0) is 45.5. The molecule has 1 spiro atoms. The van der Waals surface area contributed by atoms with Crippen LogP contribution >= 0.6 is 11.3 Å². The Morgan fingerprint density at radius 3 is 1.30 bits per heavy atom. The fraction of sp³-hybridized carbons (Fsp3) is 0.0154. The first kappa shape index (κ1) is 39.5. The van der Waals surface area contributed by atoms with Gasteiger partial charge in [0.2, 0.25) is 0 Å². The molecule has 324 valence electrons. The molecule has 4 heteroatoms. The van der Waals surface area contributed by atoms with E-state index in [1.165, 1.54) is 50.1 Å². The second-order valence-electron chi connectivity index (χ2n) is 17.9. The van der Waals surface area contributed by atoms with Crippen molar-refractivity contribution < 1.29 is 9.47 Å². The van der Waals surface area contributed by atoms with Crippen LogP contribution in [-0.2, 0) is 5.41 Å². The molecule has 0 saturated heterocycles. The highest BCUT2D eigenvalue weighted by Gasteiger charge is 2.51. The van der Waals surface area contributed by atoms with E-state index in [-0.39, 0.29) is 0 Å². The van der Waals surface area contributed by atoms with Crippen LogP contribution < -0.4 is 14.4 Å². The van der Waals surface area contributed by atoms with Crippen LogP contribution in [0.5, 0.6) is 23.0 Å². The number of anilines is 3. The maximum atomic E-state index is 6.73. The molecular formula is C65H41NO2S. The molecule has 0 atom stereocenters. The summed E-state index contributed by atoms with van der Waals surface area (Å²) >= 11 is 1.70. The summed E-state index contributed by atoms with van der Waals surface area (Å²) in [4.78, 5) is 4.51. The summed E-state index contributed by atoms with van der Waals surface area (Å²) in [5.74, 6) is 2.92. The smallest absolute Gasteiger partial charge is 0.189 e. The molecule has 0 N–H and O–H groups in total. The summed E-state index contributed by atoms with van der Waals surface area (Å²) in [5, 5.41) is 0. The van der Waals surface area contributed by atoms with Crippen molar-refractivity contribution in [2.75, 3.05) is 4.90 Å². The molecule has 3 nitrogen and oxygen atoms in total. The minimum Gasteiger partial charge on any atom is -0.448 e. The van der Waals surface area contributed by atoms with Gasteiger partial charge in [-0.05, 0) is 121 Å². The lowest BCUT2D eigenvalue weighted by Gasteiger charge is -2.33. The Kier molecular flexibility index (Phi) is 8.98. The van der Waals surface area contributed by atoms with Crippen molar-refractivity contribution in [2.45, 2.75) is 5.41 Å². The zero-order valence-corrected chi connectivity index (χ0v) is 38.2. The number of para-hydroxylation sites is 2. The fourth-order valence-electron chi connectivity index (χ4n) is 11.2. The predicted molar refractivity (Wildman–Crippen MR) is 284 cm³/mol. The van der Waals surface area contributed by atoms with Gasteiger partial charge >= 0.3 is 0 Å². The van der Waals surface area contributed by atoms with E-state index < -0.39 is 5.41 Å². The highest BCUT2D eigenvalue weighted by Crippen LogP contribution is 2.64.